The third-order valence-corrected chi connectivity index (χ3v) is 6.20. The Hall–Kier alpha value is -3.71. The van der Waals surface area contributed by atoms with Crippen molar-refractivity contribution in [1.29, 1.82) is 0 Å². The van der Waals surface area contributed by atoms with Crippen molar-refractivity contribution in [2.45, 2.75) is 13.0 Å². The van der Waals surface area contributed by atoms with Crippen LogP contribution >= 0.6 is 11.3 Å². The Kier molecular flexibility index (Phi) is 6.18. The summed E-state index contributed by atoms with van der Waals surface area (Å²) >= 11 is 1.29. The second kappa shape index (κ2) is 9.20. The number of hydrogen-bond donors (Lipinski definition) is 0. The van der Waals surface area contributed by atoms with E-state index < -0.39 is 12.0 Å². The number of esters is 1. The molecule has 0 bridgehead atoms. The van der Waals surface area contributed by atoms with Crippen molar-refractivity contribution in [3.8, 4) is 5.75 Å². The second-order valence-electron chi connectivity index (χ2n) is 7.14. The van der Waals surface area contributed by atoms with Crippen LogP contribution in [0.15, 0.2) is 81.7 Å². The minimum Gasteiger partial charge on any atom is -0.497 e. The van der Waals surface area contributed by atoms with Gasteiger partial charge in [0.2, 0.25) is 0 Å². The summed E-state index contributed by atoms with van der Waals surface area (Å²) in [5.74, 6) is 0.179. The molecule has 1 aliphatic heterocycles. The van der Waals surface area contributed by atoms with Crippen LogP contribution in [-0.2, 0) is 9.53 Å². The molecular formula is C25H22N2O4S. The minimum absolute atomic E-state index is 0.207. The van der Waals surface area contributed by atoms with Gasteiger partial charge in [0.15, 0.2) is 4.80 Å². The Bertz CT molecular complexity index is 1380. The number of allylic oxidation sites excluding steroid dienone is 2. The van der Waals surface area contributed by atoms with Crippen molar-refractivity contribution < 1.29 is 14.3 Å². The molecule has 0 saturated heterocycles. The number of rotatable bonds is 5. The largest absolute Gasteiger partial charge is 0.497 e. The highest BCUT2D eigenvalue weighted by molar-refractivity contribution is 7.07. The van der Waals surface area contributed by atoms with Crippen LogP contribution in [0.25, 0.3) is 12.2 Å². The summed E-state index contributed by atoms with van der Waals surface area (Å²) in [6.45, 7) is 1.76. The Balaban J connectivity index is 1.86. The van der Waals surface area contributed by atoms with E-state index in [1.807, 2.05) is 54.6 Å². The smallest absolute Gasteiger partial charge is 0.338 e. The molecule has 4 rings (SSSR count). The van der Waals surface area contributed by atoms with E-state index in [0.717, 1.165) is 11.1 Å². The fraction of sp³-hybridized carbons (Fsp3) is 0.160. The molecule has 1 aromatic heterocycles. The molecule has 1 unspecified atom stereocenters. The molecule has 2 aromatic carbocycles. The molecule has 162 valence electrons. The van der Waals surface area contributed by atoms with E-state index in [1.165, 1.54) is 18.4 Å². The molecule has 0 amide bonds. The summed E-state index contributed by atoms with van der Waals surface area (Å²) in [6, 6.07) is 16.5. The van der Waals surface area contributed by atoms with E-state index in [-0.39, 0.29) is 5.56 Å². The maximum absolute atomic E-state index is 13.4. The number of ether oxygens (including phenoxy) is 2. The zero-order valence-electron chi connectivity index (χ0n) is 17.9. The maximum Gasteiger partial charge on any atom is 0.338 e. The summed E-state index contributed by atoms with van der Waals surface area (Å²) in [7, 11) is 2.91. The van der Waals surface area contributed by atoms with Crippen molar-refractivity contribution in [1.82, 2.24) is 4.57 Å². The standard InChI is InChI=1S/C25H22N2O4S/c1-16-21(24(29)31-3)22(18-12-14-19(30-2)15-13-18)27-23(28)20(32-25(27)26-16)11-7-10-17-8-5-4-6-9-17/h4-15,22H,1-3H3/b10-7+,20-11?. The van der Waals surface area contributed by atoms with E-state index in [9.17, 15) is 9.59 Å². The predicted molar refractivity (Wildman–Crippen MR) is 125 cm³/mol. The lowest BCUT2D eigenvalue weighted by Crippen LogP contribution is -2.39. The van der Waals surface area contributed by atoms with Crippen LogP contribution in [0.1, 0.15) is 24.1 Å². The fourth-order valence-electron chi connectivity index (χ4n) is 3.62. The molecule has 3 aromatic rings. The van der Waals surface area contributed by atoms with Crippen LogP contribution in [0, 0.1) is 0 Å². The number of fused-ring (bicyclic) bond motifs is 1. The first-order chi connectivity index (χ1) is 15.5. The van der Waals surface area contributed by atoms with Crippen molar-refractivity contribution in [3.63, 3.8) is 0 Å². The number of carbonyl (C=O) groups excluding carboxylic acids is 1. The normalized spacial score (nSPS) is 16.1. The summed E-state index contributed by atoms with van der Waals surface area (Å²) in [5, 5.41) is 0. The Morgan fingerprint density at radius 1 is 1.09 bits per heavy atom. The second-order valence-corrected chi connectivity index (χ2v) is 8.15. The van der Waals surface area contributed by atoms with Crippen molar-refractivity contribution in [2.24, 2.45) is 4.99 Å². The average molecular weight is 447 g/mol. The van der Waals surface area contributed by atoms with Gasteiger partial charge in [-0.15, -0.1) is 0 Å². The zero-order valence-corrected chi connectivity index (χ0v) is 18.8. The molecule has 6 nitrogen and oxygen atoms in total. The monoisotopic (exact) mass is 446 g/mol. The number of carbonyl (C=O) groups is 1. The van der Waals surface area contributed by atoms with Crippen molar-refractivity contribution in [2.75, 3.05) is 14.2 Å². The highest BCUT2D eigenvalue weighted by atomic mass is 32.1. The van der Waals surface area contributed by atoms with Gasteiger partial charge in [-0.25, -0.2) is 9.79 Å². The Morgan fingerprint density at radius 3 is 2.47 bits per heavy atom. The first-order valence-electron chi connectivity index (χ1n) is 10.00. The molecule has 2 heterocycles. The Labute approximate surface area is 189 Å². The molecule has 0 radical (unpaired) electrons. The van der Waals surface area contributed by atoms with Gasteiger partial charge in [0.05, 0.1) is 36.1 Å². The number of benzene rings is 2. The van der Waals surface area contributed by atoms with Crippen LogP contribution in [0.5, 0.6) is 5.75 Å². The quantitative estimate of drug-likeness (QED) is 0.565. The Morgan fingerprint density at radius 2 is 1.81 bits per heavy atom. The number of hydrogen-bond acceptors (Lipinski definition) is 6. The van der Waals surface area contributed by atoms with E-state index >= 15 is 0 Å². The third kappa shape index (κ3) is 4.07. The van der Waals surface area contributed by atoms with Gasteiger partial charge in [-0.1, -0.05) is 66.0 Å². The van der Waals surface area contributed by atoms with Crippen LogP contribution < -0.4 is 19.6 Å². The summed E-state index contributed by atoms with van der Waals surface area (Å²) < 4.78 is 12.4. The highest BCUT2D eigenvalue weighted by Crippen LogP contribution is 2.31. The molecule has 7 heteroatoms. The molecule has 0 saturated carbocycles. The predicted octanol–water partition coefficient (Wildman–Crippen LogP) is 3.08. The van der Waals surface area contributed by atoms with Crippen LogP contribution in [0.2, 0.25) is 0 Å². The average Bonchev–Trinajstić information content (AvgIpc) is 3.13. The van der Waals surface area contributed by atoms with Crippen LogP contribution in [0.3, 0.4) is 0 Å². The van der Waals surface area contributed by atoms with Gasteiger partial charge in [0, 0.05) is 0 Å². The summed E-state index contributed by atoms with van der Waals surface area (Å²) in [4.78, 5) is 31.1. The van der Waals surface area contributed by atoms with Gasteiger partial charge in [0.1, 0.15) is 5.75 Å². The first-order valence-corrected chi connectivity index (χ1v) is 10.8. The van der Waals surface area contributed by atoms with E-state index in [0.29, 0.717) is 26.4 Å². The van der Waals surface area contributed by atoms with Gasteiger partial charge < -0.3 is 9.47 Å². The molecule has 0 N–H and O–H groups in total. The number of methoxy groups -OCH3 is 2. The van der Waals surface area contributed by atoms with E-state index in [2.05, 4.69) is 4.99 Å². The number of thiazole rings is 1. The zero-order chi connectivity index (χ0) is 22.7. The van der Waals surface area contributed by atoms with E-state index in [1.54, 1.807) is 36.8 Å². The van der Waals surface area contributed by atoms with Crippen molar-refractivity contribution in [3.05, 3.63) is 103 Å². The lowest BCUT2D eigenvalue weighted by Gasteiger charge is -2.24. The topological polar surface area (TPSA) is 69.9 Å². The van der Waals surface area contributed by atoms with Gasteiger partial charge in [0.25, 0.3) is 5.56 Å². The number of nitrogens with zero attached hydrogens (tertiary/aromatic N) is 2. The molecule has 1 aliphatic rings. The van der Waals surface area contributed by atoms with Crippen LogP contribution in [0.4, 0.5) is 0 Å². The SMILES string of the molecule is COC(=O)C1=C(C)N=c2sc(=C/C=C/c3ccccc3)c(=O)n2C1c1ccc(OC)cc1. The molecule has 32 heavy (non-hydrogen) atoms. The van der Waals surface area contributed by atoms with Gasteiger partial charge in [-0.2, -0.15) is 0 Å². The molecule has 0 aliphatic carbocycles. The maximum atomic E-state index is 13.4. The van der Waals surface area contributed by atoms with Gasteiger partial charge in [-0.05, 0) is 36.3 Å². The molecular weight excluding hydrogens is 424 g/mol. The van der Waals surface area contributed by atoms with Crippen LogP contribution in [-0.4, -0.2) is 24.8 Å². The highest BCUT2D eigenvalue weighted by Gasteiger charge is 2.32. The van der Waals surface area contributed by atoms with E-state index in [4.69, 9.17) is 9.47 Å². The fourth-order valence-corrected chi connectivity index (χ4v) is 4.62. The summed E-state index contributed by atoms with van der Waals surface area (Å²) in [5.41, 5.74) is 2.48. The van der Waals surface area contributed by atoms with Gasteiger partial charge >= 0.3 is 5.97 Å². The third-order valence-electron chi connectivity index (χ3n) is 5.19. The minimum atomic E-state index is -0.634. The first kappa shape index (κ1) is 21.5. The molecule has 0 spiro atoms. The molecule has 0 fully saturated rings. The van der Waals surface area contributed by atoms with Crippen molar-refractivity contribution >= 4 is 29.5 Å². The van der Waals surface area contributed by atoms with Gasteiger partial charge in [-0.3, -0.25) is 9.36 Å². The lowest BCUT2D eigenvalue weighted by atomic mass is 9.96. The lowest BCUT2D eigenvalue weighted by molar-refractivity contribution is -0.136. The molecule has 1 atom stereocenters. The summed E-state index contributed by atoms with van der Waals surface area (Å²) in [6.07, 6.45) is 5.56. The number of aromatic nitrogens is 1.